The second-order valence-corrected chi connectivity index (χ2v) is 5.37. The van der Waals surface area contributed by atoms with E-state index in [1.165, 1.54) is 0 Å². The molecule has 90 valence electrons. The average Bonchev–Trinajstić information content (AvgIpc) is 2.53. The van der Waals surface area contributed by atoms with Crippen LogP contribution in [0.5, 0.6) is 0 Å². The lowest BCUT2D eigenvalue weighted by molar-refractivity contribution is -0.129. The van der Waals surface area contributed by atoms with Gasteiger partial charge in [0.25, 0.3) is 0 Å². The lowest BCUT2D eigenvalue weighted by Gasteiger charge is -2.16. The van der Waals surface area contributed by atoms with Gasteiger partial charge >= 0.3 is 0 Å². The van der Waals surface area contributed by atoms with E-state index < -0.39 is 0 Å². The number of likely N-dealkylation sites (N-methyl/N-ethyl adjacent to an activating group) is 1. The predicted molar refractivity (Wildman–Crippen MR) is 67.8 cm³/mol. The number of unbranched alkanes of at least 4 members (excludes halogenated alkanes) is 1. The minimum atomic E-state index is 0.195. The van der Waals surface area contributed by atoms with Gasteiger partial charge in [-0.15, -0.1) is 11.3 Å². The molecular weight excluding hydrogens is 220 g/mol. The number of hydrogen-bond acceptors (Lipinski definition) is 3. The highest BCUT2D eigenvalue weighted by Gasteiger charge is 2.13. The first kappa shape index (κ1) is 13.2. The van der Waals surface area contributed by atoms with Gasteiger partial charge in [0.05, 0.1) is 17.1 Å². The first-order chi connectivity index (χ1) is 7.54. The van der Waals surface area contributed by atoms with Crippen molar-refractivity contribution in [3.8, 4) is 0 Å². The summed E-state index contributed by atoms with van der Waals surface area (Å²) in [6, 6.07) is 0. The molecule has 4 heteroatoms. The van der Waals surface area contributed by atoms with Crippen LogP contribution in [0.4, 0.5) is 0 Å². The molecule has 0 N–H and O–H groups in total. The van der Waals surface area contributed by atoms with E-state index in [0.717, 1.165) is 35.0 Å². The summed E-state index contributed by atoms with van der Waals surface area (Å²) < 4.78 is 0. The SMILES string of the molecule is CCCCN(C)C(=O)Cc1sc(C)nc1C. The fourth-order valence-corrected chi connectivity index (χ4v) is 2.46. The number of aromatic nitrogens is 1. The molecule has 0 radical (unpaired) electrons. The van der Waals surface area contributed by atoms with Gasteiger partial charge < -0.3 is 4.90 Å². The van der Waals surface area contributed by atoms with Gasteiger partial charge in [-0.2, -0.15) is 0 Å². The monoisotopic (exact) mass is 240 g/mol. The second kappa shape index (κ2) is 5.99. The van der Waals surface area contributed by atoms with Crippen molar-refractivity contribution >= 4 is 17.2 Å². The van der Waals surface area contributed by atoms with E-state index >= 15 is 0 Å². The summed E-state index contributed by atoms with van der Waals surface area (Å²) in [5.74, 6) is 0.195. The maximum Gasteiger partial charge on any atom is 0.227 e. The van der Waals surface area contributed by atoms with Gasteiger partial charge in [-0.1, -0.05) is 13.3 Å². The van der Waals surface area contributed by atoms with Crippen LogP contribution in [0.25, 0.3) is 0 Å². The molecule has 1 rings (SSSR count). The van der Waals surface area contributed by atoms with Crippen LogP contribution >= 0.6 is 11.3 Å². The Kier molecular flexibility index (Phi) is 4.93. The van der Waals surface area contributed by atoms with E-state index in [1.54, 1.807) is 11.3 Å². The third-order valence-electron chi connectivity index (χ3n) is 2.58. The molecule has 0 saturated heterocycles. The smallest absolute Gasteiger partial charge is 0.227 e. The Bertz CT molecular complexity index is 360. The van der Waals surface area contributed by atoms with E-state index in [2.05, 4.69) is 11.9 Å². The average molecular weight is 240 g/mol. The molecule has 16 heavy (non-hydrogen) atoms. The molecule has 0 spiro atoms. The van der Waals surface area contributed by atoms with Gasteiger partial charge in [0.2, 0.25) is 5.91 Å². The number of rotatable bonds is 5. The van der Waals surface area contributed by atoms with Gasteiger partial charge in [0.1, 0.15) is 0 Å². The van der Waals surface area contributed by atoms with Crippen molar-refractivity contribution < 1.29 is 4.79 Å². The summed E-state index contributed by atoms with van der Waals surface area (Å²) in [5.41, 5.74) is 1.000. The fraction of sp³-hybridized carbons (Fsp3) is 0.667. The van der Waals surface area contributed by atoms with Crippen molar-refractivity contribution in [3.05, 3.63) is 15.6 Å². The van der Waals surface area contributed by atoms with Gasteiger partial charge in [0.15, 0.2) is 0 Å². The minimum Gasteiger partial charge on any atom is -0.345 e. The highest BCUT2D eigenvalue weighted by Crippen LogP contribution is 2.18. The zero-order valence-corrected chi connectivity index (χ0v) is 11.4. The number of amides is 1. The molecule has 0 saturated carbocycles. The third kappa shape index (κ3) is 3.59. The first-order valence-electron chi connectivity index (χ1n) is 5.71. The Morgan fingerprint density at radius 2 is 2.12 bits per heavy atom. The molecule has 0 unspecified atom stereocenters. The Morgan fingerprint density at radius 3 is 2.62 bits per heavy atom. The normalized spacial score (nSPS) is 10.5. The zero-order chi connectivity index (χ0) is 12.1. The lowest BCUT2D eigenvalue weighted by atomic mass is 10.2. The van der Waals surface area contributed by atoms with Crippen LogP contribution in [-0.2, 0) is 11.2 Å². The van der Waals surface area contributed by atoms with Gasteiger partial charge in [0, 0.05) is 18.5 Å². The standard InChI is InChI=1S/C12H20N2OS/c1-5-6-7-14(4)12(15)8-11-9(2)13-10(3)16-11/h5-8H2,1-4H3. The molecule has 3 nitrogen and oxygen atoms in total. The van der Waals surface area contributed by atoms with Crippen LogP contribution < -0.4 is 0 Å². The van der Waals surface area contributed by atoms with Crippen molar-refractivity contribution in [2.75, 3.05) is 13.6 Å². The molecule has 0 aliphatic carbocycles. The predicted octanol–water partition coefficient (Wildman–Crippen LogP) is 2.56. The Hall–Kier alpha value is -0.900. The molecule has 1 aromatic heterocycles. The van der Waals surface area contributed by atoms with Crippen molar-refractivity contribution in [3.63, 3.8) is 0 Å². The maximum absolute atomic E-state index is 11.9. The van der Waals surface area contributed by atoms with Crippen LogP contribution in [0.15, 0.2) is 0 Å². The highest BCUT2D eigenvalue weighted by molar-refractivity contribution is 7.11. The molecule has 0 aliphatic heterocycles. The van der Waals surface area contributed by atoms with E-state index in [1.807, 2.05) is 25.8 Å². The summed E-state index contributed by atoms with van der Waals surface area (Å²) in [7, 11) is 1.88. The van der Waals surface area contributed by atoms with Crippen molar-refractivity contribution in [2.45, 2.75) is 40.0 Å². The van der Waals surface area contributed by atoms with Crippen LogP contribution in [0.1, 0.15) is 35.3 Å². The third-order valence-corrected chi connectivity index (χ3v) is 3.66. The van der Waals surface area contributed by atoms with Gasteiger partial charge in [-0.3, -0.25) is 4.79 Å². The lowest BCUT2D eigenvalue weighted by Crippen LogP contribution is -2.29. The van der Waals surface area contributed by atoms with E-state index in [9.17, 15) is 4.79 Å². The Balaban J connectivity index is 2.53. The number of carbonyl (C=O) groups is 1. The van der Waals surface area contributed by atoms with Crippen LogP contribution in [0, 0.1) is 13.8 Å². The van der Waals surface area contributed by atoms with Crippen molar-refractivity contribution in [2.24, 2.45) is 0 Å². The van der Waals surface area contributed by atoms with E-state index in [0.29, 0.717) is 6.42 Å². The summed E-state index contributed by atoms with van der Waals surface area (Å²) in [5, 5.41) is 1.04. The number of nitrogens with zero attached hydrogens (tertiary/aromatic N) is 2. The number of aryl methyl sites for hydroxylation is 2. The number of thiazole rings is 1. The zero-order valence-electron chi connectivity index (χ0n) is 10.5. The van der Waals surface area contributed by atoms with Crippen molar-refractivity contribution in [1.29, 1.82) is 0 Å². The summed E-state index contributed by atoms with van der Waals surface area (Å²) in [4.78, 5) is 19.1. The van der Waals surface area contributed by atoms with Crippen LogP contribution in [-0.4, -0.2) is 29.4 Å². The van der Waals surface area contributed by atoms with Gasteiger partial charge in [-0.05, 0) is 20.3 Å². The molecule has 0 bridgehead atoms. The molecule has 1 aromatic rings. The fourth-order valence-electron chi connectivity index (χ4n) is 1.53. The molecule has 0 atom stereocenters. The highest BCUT2D eigenvalue weighted by atomic mass is 32.1. The molecular formula is C12H20N2OS. The quantitative estimate of drug-likeness (QED) is 0.792. The number of hydrogen-bond donors (Lipinski definition) is 0. The Labute approximate surface area is 101 Å². The van der Waals surface area contributed by atoms with Crippen molar-refractivity contribution in [1.82, 2.24) is 9.88 Å². The van der Waals surface area contributed by atoms with Crippen LogP contribution in [0.2, 0.25) is 0 Å². The molecule has 1 heterocycles. The maximum atomic E-state index is 11.9. The second-order valence-electron chi connectivity index (χ2n) is 4.09. The van der Waals surface area contributed by atoms with E-state index in [-0.39, 0.29) is 5.91 Å². The summed E-state index contributed by atoms with van der Waals surface area (Å²) in [6.45, 7) is 6.94. The first-order valence-corrected chi connectivity index (χ1v) is 6.53. The molecule has 1 amide bonds. The number of carbonyl (C=O) groups excluding carboxylic acids is 1. The van der Waals surface area contributed by atoms with Gasteiger partial charge in [-0.25, -0.2) is 4.98 Å². The molecule has 0 fully saturated rings. The topological polar surface area (TPSA) is 33.2 Å². The Morgan fingerprint density at radius 1 is 1.44 bits per heavy atom. The molecule has 0 aromatic carbocycles. The summed E-state index contributed by atoms with van der Waals surface area (Å²) >= 11 is 1.63. The largest absolute Gasteiger partial charge is 0.345 e. The van der Waals surface area contributed by atoms with Crippen LogP contribution in [0.3, 0.4) is 0 Å². The molecule has 0 aliphatic rings. The summed E-state index contributed by atoms with van der Waals surface area (Å²) in [6.07, 6.45) is 2.69. The van der Waals surface area contributed by atoms with E-state index in [4.69, 9.17) is 0 Å². The minimum absolute atomic E-state index is 0.195.